The predicted molar refractivity (Wildman–Crippen MR) is 93.7 cm³/mol. The SMILES string of the molecule is CC(Sc1ccccc1)C(=O)NCCc1cn2ccccc2n1. The highest BCUT2D eigenvalue weighted by atomic mass is 32.2. The van der Waals surface area contributed by atoms with Crippen LogP contribution in [0.1, 0.15) is 12.6 Å². The van der Waals surface area contributed by atoms with E-state index in [4.69, 9.17) is 0 Å². The van der Waals surface area contributed by atoms with E-state index in [-0.39, 0.29) is 11.2 Å². The van der Waals surface area contributed by atoms with Crippen molar-refractivity contribution in [1.29, 1.82) is 0 Å². The molecule has 0 bridgehead atoms. The molecule has 0 aliphatic rings. The Morgan fingerprint density at radius 1 is 1.22 bits per heavy atom. The van der Waals surface area contributed by atoms with Gasteiger partial charge in [-0.25, -0.2) is 4.98 Å². The Balaban J connectivity index is 1.48. The van der Waals surface area contributed by atoms with Crippen molar-refractivity contribution in [1.82, 2.24) is 14.7 Å². The van der Waals surface area contributed by atoms with E-state index in [1.165, 1.54) is 0 Å². The average molecular weight is 325 g/mol. The van der Waals surface area contributed by atoms with Gasteiger partial charge in [0.1, 0.15) is 5.65 Å². The van der Waals surface area contributed by atoms with Crippen LogP contribution in [0.4, 0.5) is 0 Å². The van der Waals surface area contributed by atoms with Crippen molar-refractivity contribution in [2.24, 2.45) is 0 Å². The van der Waals surface area contributed by atoms with E-state index >= 15 is 0 Å². The molecule has 1 unspecified atom stereocenters. The van der Waals surface area contributed by atoms with Crippen LogP contribution in [0.2, 0.25) is 0 Å². The summed E-state index contributed by atoms with van der Waals surface area (Å²) in [5.74, 6) is 0.0580. The summed E-state index contributed by atoms with van der Waals surface area (Å²) >= 11 is 1.57. The zero-order chi connectivity index (χ0) is 16.1. The lowest BCUT2D eigenvalue weighted by atomic mass is 10.3. The lowest BCUT2D eigenvalue weighted by Crippen LogP contribution is -2.32. The summed E-state index contributed by atoms with van der Waals surface area (Å²) in [6.45, 7) is 2.53. The van der Waals surface area contributed by atoms with Gasteiger partial charge in [-0.1, -0.05) is 24.3 Å². The van der Waals surface area contributed by atoms with Gasteiger partial charge in [0.2, 0.25) is 5.91 Å². The number of carbonyl (C=O) groups excluding carboxylic acids is 1. The first kappa shape index (κ1) is 15.6. The number of nitrogens with one attached hydrogen (secondary N) is 1. The van der Waals surface area contributed by atoms with Gasteiger partial charge in [-0.2, -0.15) is 0 Å². The first-order chi connectivity index (χ1) is 11.2. The summed E-state index contributed by atoms with van der Waals surface area (Å²) in [5.41, 5.74) is 1.92. The van der Waals surface area contributed by atoms with Crippen LogP contribution >= 0.6 is 11.8 Å². The number of pyridine rings is 1. The minimum atomic E-state index is -0.113. The predicted octanol–water partition coefficient (Wildman–Crippen LogP) is 3.17. The highest BCUT2D eigenvalue weighted by Crippen LogP contribution is 2.22. The van der Waals surface area contributed by atoms with Crippen LogP contribution in [-0.4, -0.2) is 27.1 Å². The Hall–Kier alpha value is -2.27. The van der Waals surface area contributed by atoms with Crippen LogP contribution in [0.15, 0.2) is 65.8 Å². The minimum Gasteiger partial charge on any atom is -0.355 e. The number of aromatic nitrogens is 2. The van der Waals surface area contributed by atoms with Crippen molar-refractivity contribution >= 4 is 23.3 Å². The highest BCUT2D eigenvalue weighted by molar-refractivity contribution is 8.00. The molecule has 0 saturated carbocycles. The largest absolute Gasteiger partial charge is 0.355 e. The van der Waals surface area contributed by atoms with Gasteiger partial charge in [-0.15, -0.1) is 11.8 Å². The normalized spacial score (nSPS) is 12.2. The van der Waals surface area contributed by atoms with E-state index in [2.05, 4.69) is 10.3 Å². The standard InChI is InChI=1S/C18H19N3OS/c1-14(23-16-7-3-2-4-8-16)18(22)19-11-10-15-13-21-12-6-5-9-17(21)20-15/h2-9,12-14H,10-11H2,1H3,(H,19,22). The quantitative estimate of drug-likeness (QED) is 0.708. The number of rotatable bonds is 6. The van der Waals surface area contributed by atoms with E-state index in [9.17, 15) is 4.79 Å². The molecule has 5 heteroatoms. The number of amides is 1. The molecule has 1 amide bonds. The molecule has 23 heavy (non-hydrogen) atoms. The maximum absolute atomic E-state index is 12.2. The molecule has 0 aliphatic carbocycles. The first-order valence-corrected chi connectivity index (χ1v) is 8.52. The zero-order valence-corrected chi connectivity index (χ0v) is 13.8. The van der Waals surface area contributed by atoms with Crippen LogP contribution in [0.5, 0.6) is 0 Å². The van der Waals surface area contributed by atoms with E-state index in [1.54, 1.807) is 11.8 Å². The van der Waals surface area contributed by atoms with E-state index in [0.29, 0.717) is 6.54 Å². The fourth-order valence-electron chi connectivity index (χ4n) is 2.32. The van der Waals surface area contributed by atoms with Crippen molar-refractivity contribution in [3.63, 3.8) is 0 Å². The highest BCUT2D eigenvalue weighted by Gasteiger charge is 2.13. The molecule has 2 aromatic heterocycles. The summed E-state index contributed by atoms with van der Waals surface area (Å²) in [7, 11) is 0. The van der Waals surface area contributed by atoms with Crippen molar-refractivity contribution in [3.05, 3.63) is 66.6 Å². The van der Waals surface area contributed by atoms with Crippen molar-refractivity contribution in [2.75, 3.05) is 6.54 Å². The van der Waals surface area contributed by atoms with Crippen LogP contribution in [0, 0.1) is 0 Å². The fraction of sp³-hybridized carbons (Fsp3) is 0.222. The third-order valence-electron chi connectivity index (χ3n) is 3.52. The second kappa shape index (κ2) is 7.33. The molecule has 0 radical (unpaired) electrons. The number of benzene rings is 1. The van der Waals surface area contributed by atoms with Gasteiger partial charge < -0.3 is 9.72 Å². The molecule has 0 fully saturated rings. The van der Waals surface area contributed by atoms with Crippen LogP contribution in [0.3, 0.4) is 0 Å². The third kappa shape index (κ3) is 4.13. The maximum atomic E-state index is 12.2. The molecular weight excluding hydrogens is 306 g/mol. The van der Waals surface area contributed by atoms with Gasteiger partial charge in [0, 0.05) is 30.3 Å². The second-order valence-electron chi connectivity index (χ2n) is 5.31. The summed E-state index contributed by atoms with van der Waals surface area (Å²) < 4.78 is 1.99. The molecular formula is C18H19N3OS. The van der Waals surface area contributed by atoms with Crippen molar-refractivity contribution < 1.29 is 4.79 Å². The molecule has 2 heterocycles. The molecule has 0 aliphatic heterocycles. The number of thioether (sulfide) groups is 1. The monoisotopic (exact) mass is 325 g/mol. The molecule has 1 atom stereocenters. The third-order valence-corrected chi connectivity index (χ3v) is 4.63. The number of hydrogen-bond acceptors (Lipinski definition) is 3. The Labute approximate surface area is 139 Å². The first-order valence-electron chi connectivity index (χ1n) is 7.64. The molecule has 4 nitrogen and oxygen atoms in total. The van der Waals surface area contributed by atoms with Crippen LogP contribution in [-0.2, 0) is 11.2 Å². The molecule has 118 valence electrons. The Morgan fingerprint density at radius 2 is 2.00 bits per heavy atom. The smallest absolute Gasteiger partial charge is 0.233 e. The lowest BCUT2D eigenvalue weighted by molar-refractivity contribution is -0.120. The fourth-order valence-corrected chi connectivity index (χ4v) is 3.23. The maximum Gasteiger partial charge on any atom is 0.233 e. The average Bonchev–Trinajstić information content (AvgIpc) is 2.98. The Kier molecular flexibility index (Phi) is 4.98. The van der Waals surface area contributed by atoms with Gasteiger partial charge in [-0.05, 0) is 31.2 Å². The van der Waals surface area contributed by atoms with Crippen molar-refractivity contribution in [3.8, 4) is 0 Å². The van der Waals surface area contributed by atoms with E-state index < -0.39 is 0 Å². The number of hydrogen-bond donors (Lipinski definition) is 1. The molecule has 1 N–H and O–H groups in total. The van der Waals surface area contributed by atoms with E-state index in [0.717, 1.165) is 22.7 Å². The van der Waals surface area contributed by atoms with Gasteiger partial charge in [0.15, 0.2) is 0 Å². The van der Waals surface area contributed by atoms with Gasteiger partial charge >= 0.3 is 0 Å². The number of carbonyl (C=O) groups is 1. The van der Waals surface area contributed by atoms with E-state index in [1.807, 2.05) is 72.2 Å². The van der Waals surface area contributed by atoms with Gasteiger partial charge in [-0.3, -0.25) is 4.79 Å². The summed E-state index contributed by atoms with van der Waals surface area (Å²) in [4.78, 5) is 17.8. The minimum absolute atomic E-state index is 0.0580. The number of nitrogens with zero attached hydrogens (tertiary/aromatic N) is 2. The summed E-state index contributed by atoms with van der Waals surface area (Å²) in [6.07, 6.45) is 4.71. The number of imidazole rings is 1. The summed E-state index contributed by atoms with van der Waals surface area (Å²) in [6, 6.07) is 15.9. The van der Waals surface area contributed by atoms with Crippen LogP contribution in [0.25, 0.3) is 5.65 Å². The van der Waals surface area contributed by atoms with Gasteiger partial charge in [0.05, 0.1) is 10.9 Å². The zero-order valence-electron chi connectivity index (χ0n) is 13.0. The molecule has 0 spiro atoms. The number of fused-ring (bicyclic) bond motifs is 1. The summed E-state index contributed by atoms with van der Waals surface area (Å²) in [5, 5.41) is 2.87. The lowest BCUT2D eigenvalue weighted by Gasteiger charge is -2.11. The Morgan fingerprint density at radius 3 is 2.78 bits per heavy atom. The second-order valence-corrected chi connectivity index (χ2v) is 6.73. The molecule has 1 aromatic carbocycles. The molecule has 3 aromatic rings. The van der Waals surface area contributed by atoms with Crippen LogP contribution < -0.4 is 5.32 Å². The topological polar surface area (TPSA) is 46.4 Å². The molecule has 3 rings (SSSR count). The van der Waals surface area contributed by atoms with Crippen molar-refractivity contribution in [2.45, 2.75) is 23.5 Å². The van der Waals surface area contributed by atoms with Gasteiger partial charge in [0.25, 0.3) is 0 Å². The Bertz CT molecular complexity index is 752. The molecule has 0 saturated heterocycles.